The van der Waals surface area contributed by atoms with Crippen LogP contribution in [0.25, 0.3) is 0 Å². The molecular formula is C11H20O2. The minimum absolute atomic E-state index is 0.0113. The van der Waals surface area contributed by atoms with Crippen LogP contribution in [-0.4, -0.2) is 12.1 Å². The van der Waals surface area contributed by atoms with Crippen LogP contribution >= 0.6 is 0 Å². The van der Waals surface area contributed by atoms with Gasteiger partial charge in [0.15, 0.2) is 0 Å². The van der Waals surface area contributed by atoms with E-state index in [0.29, 0.717) is 0 Å². The molecule has 1 aliphatic rings. The molecule has 0 radical (unpaired) electrons. The normalized spacial score (nSPS) is 28.9. The predicted molar refractivity (Wildman–Crippen MR) is 52.4 cm³/mol. The summed E-state index contributed by atoms with van der Waals surface area (Å²) in [6.07, 6.45) is 4.80. The molecule has 0 aromatic carbocycles. The van der Waals surface area contributed by atoms with E-state index in [9.17, 15) is 4.79 Å². The van der Waals surface area contributed by atoms with Crippen molar-refractivity contribution in [1.29, 1.82) is 0 Å². The fraction of sp³-hybridized carbons (Fsp3) is 0.909. The summed E-state index contributed by atoms with van der Waals surface area (Å²) >= 11 is 0. The van der Waals surface area contributed by atoms with Gasteiger partial charge in [-0.2, -0.15) is 0 Å². The van der Waals surface area contributed by atoms with Crippen LogP contribution in [0.15, 0.2) is 0 Å². The topological polar surface area (TPSA) is 26.3 Å². The second-order valence-electron chi connectivity index (χ2n) is 4.49. The summed E-state index contributed by atoms with van der Waals surface area (Å²) in [4.78, 5) is 11.3. The monoisotopic (exact) mass is 184 g/mol. The van der Waals surface area contributed by atoms with Crippen LogP contribution in [-0.2, 0) is 9.53 Å². The highest BCUT2D eigenvalue weighted by molar-refractivity contribution is 5.71. The largest absolute Gasteiger partial charge is 0.462 e. The molecule has 0 N–H and O–H groups in total. The zero-order valence-electron chi connectivity index (χ0n) is 8.88. The van der Waals surface area contributed by atoms with Crippen molar-refractivity contribution in [3.63, 3.8) is 0 Å². The Kier molecular flexibility index (Phi) is 3.76. The highest BCUT2D eigenvalue weighted by Crippen LogP contribution is 2.26. The number of rotatable bonds is 2. The lowest BCUT2D eigenvalue weighted by atomic mass is 9.88. The lowest BCUT2D eigenvalue weighted by Gasteiger charge is -2.27. The summed E-state index contributed by atoms with van der Waals surface area (Å²) in [7, 11) is 0. The fourth-order valence-corrected chi connectivity index (χ4v) is 1.79. The van der Waals surface area contributed by atoms with Gasteiger partial charge in [-0.3, -0.25) is 4.79 Å². The summed E-state index contributed by atoms with van der Waals surface area (Å²) in [5.74, 6) is 0.690. The molecule has 0 amide bonds. The number of hydrogen-bond acceptors (Lipinski definition) is 2. The van der Waals surface area contributed by atoms with Crippen LogP contribution in [0, 0.1) is 11.8 Å². The standard InChI is InChI=1S/C11H20O2/c1-8(2)11(12)13-10-6-4-5-9(3)7-10/h8-10H,4-7H2,1-3H3. The molecule has 0 spiro atoms. The average Bonchev–Trinajstić information content (AvgIpc) is 2.04. The van der Waals surface area contributed by atoms with Crippen LogP contribution in [0.5, 0.6) is 0 Å². The smallest absolute Gasteiger partial charge is 0.308 e. The molecule has 0 aliphatic heterocycles. The quantitative estimate of drug-likeness (QED) is 0.617. The lowest BCUT2D eigenvalue weighted by Crippen LogP contribution is -2.26. The maximum atomic E-state index is 11.3. The van der Waals surface area contributed by atoms with Crippen LogP contribution in [0.2, 0.25) is 0 Å². The van der Waals surface area contributed by atoms with E-state index in [-0.39, 0.29) is 18.0 Å². The lowest BCUT2D eigenvalue weighted by molar-refractivity contribution is -0.154. The Labute approximate surface area is 80.7 Å². The Morgan fingerprint density at radius 1 is 1.38 bits per heavy atom. The molecule has 2 unspecified atom stereocenters. The Hall–Kier alpha value is -0.530. The van der Waals surface area contributed by atoms with Crippen molar-refractivity contribution in [2.75, 3.05) is 0 Å². The molecule has 2 heteroatoms. The molecule has 13 heavy (non-hydrogen) atoms. The molecule has 76 valence electrons. The maximum Gasteiger partial charge on any atom is 0.308 e. The third-order valence-electron chi connectivity index (χ3n) is 2.64. The molecule has 0 bridgehead atoms. The summed E-state index contributed by atoms with van der Waals surface area (Å²) in [5, 5.41) is 0. The Morgan fingerprint density at radius 2 is 2.08 bits per heavy atom. The molecule has 0 heterocycles. The second-order valence-corrected chi connectivity index (χ2v) is 4.49. The van der Waals surface area contributed by atoms with E-state index >= 15 is 0 Å². The molecule has 2 atom stereocenters. The van der Waals surface area contributed by atoms with Gasteiger partial charge in [-0.05, 0) is 25.2 Å². The summed E-state index contributed by atoms with van der Waals surface area (Å²) in [6, 6.07) is 0. The first-order valence-electron chi connectivity index (χ1n) is 5.30. The Bertz CT molecular complexity index is 175. The van der Waals surface area contributed by atoms with E-state index in [0.717, 1.165) is 18.8 Å². The molecular weight excluding hydrogens is 164 g/mol. The van der Waals surface area contributed by atoms with Crippen LogP contribution in [0.4, 0.5) is 0 Å². The predicted octanol–water partition coefficient (Wildman–Crippen LogP) is 2.76. The molecule has 1 fully saturated rings. The van der Waals surface area contributed by atoms with Gasteiger partial charge in [0, 0.05) is 0 Å². The molecule has 1 rings (SSSR count). The Balaban J connectivity index is 2.31. The minimum atomic E-state index is -0.0425. The third kappa shape index (κ3) is 3.37. The maximum absolute atomic E-state index is 11.3. The van der Waals surface area contributed by atoms with Gasteiger partial charge in [0.05, 0.1) is 5.92 Å². The first-order chi connectivity index (χ1) is 6.09. The molecule has 0 aromatic heterocycles. The van der Waals surface area contributed by atoms with Gasteiger partial charge in [-0.15, -0.1) is 0 Å². The van der Waals surface area contributed by atoms with Crippen molar-refractivity contribution in [2.24, 2.45) is 11.8 Å². The van der Waals surface area contributed by atoms with Gasteiger partial charge >= 0.3 is 5.97 Å². The number of carbonyl (C=O) groups is 1. The SMILES string of the molecule is CC1CCCC(OC(=O)C(C)C)C1. The molecule has 1 aliphatic carbocycles. The van der Waals surface area contributed by atoms with Gasteiger partial charge in [-0.1, -0.05) is 27.2 Å². The number of hydrogen-bond donors (Lipinski definition) is 0. The summed E-state index contributed by atoms with van der Waals surface area (Å²) < 4.78 is 5.38. The van der Waals surface area contributed by atoms with E-state index in [2.05, 4.69) is 6.92 Å². The molecule has 2 nitrogen and oxygen atoms in total. The van der Waals surface area contributed by atoms with Crippen LogP contribution in [0.3, 0.4) is 0 Å². The van der Waals surface area contributed by atoms with E-state index in [4.69, 9.17) is 4.74 Å². The van der Waals surface area contributed by atoms with Crippen molar-refractivity contribution < 1.29 is 9.53 Å². The number of ether oxygens (including phenoxy) is 1. The van der Waals surface area contributed by atoms with E-state index in [1.165, 1.54) is 12.8 Å². The highest BCUT2D eigenvalue weighted by Gasteiger charge is 2.22. The Morgan fingerprint density at radius 3 is 2.62 bits per heavy atom. The average molecular weight is 184 g/mol. The number of esters is 1. The van der Waals surface area contributed by atoms with E-state index in [1.807, 2.05) is 13.8 Å². The van der Waals surface area contributed by atoms with E-state index in [1.54, 1.807) is 0 Å². The first kappa shape index (κ1) is 10.6. The van der Waals surface area contributed by atoms with Crippen molar-refractivity contribution >= 4 is 5.97 Å². The second kappa shape index (κ2) is 4.64. The van der Waals surface area contributed by atoms with Crippen molar-refractivity contribution in [1.82, 2.24) is 0 Å². The summed E-state index contributed by atoms with van der Waals surface area (Å²) in [5.41, 5.74) is 0. The van der Waals surface area contributed by atoms with Gasteiger partial charge < -0.3 is 4.74 Å². The first-order valence-corrected chi connectivity index (χ1v) is 5.30. The van der Waals surface area contributed by atoms with E-state index < -0.39 is 0 Å². The molecule has 0 saturated heterocycles. The third-order valence-corrected chi connectivity index (χ3v) is 2.64. The van der Waals surface area contributed by atoms with Crippen LogP contribution in [0.1, 0.15) is 46.5 Å². The number of carbonyl (C=O) groups excluding carboxylic acids is 1. The van der Waals surface area contributed by atoms with Gasteiger partial charge in [0.1, 0.15) is 6.10 Å². The van der Waals surface area contributed by atoms with Crippen molar-refractivity contribution in [3.05, 3.63) is 0 Å². The van der Waals surface area contributed by atoms with Gasteiger partial charge in [0.2, 0.25) is 0 Å². The van der Waals surface area contributed by atoms with Gasteiger partial charge in [-0.25, -0.2) is 0 Å². The van der Waals surface area contributed by atoms with Gasteiger partial charge in [0.25, 0.3) is 0 Å². The van der Waals surface area contributed by atoms with Crippen LogP contribution < -0.4 is 0 Å². The zero-order valence-corrected chi connectivity index (χ0v) is 8.88. The van der Waals surface area contributed by atoms with Crippen molar-refractivity contribution in [3.8, 4) is 0 Å². The van der Waals surface area contributed by atoms with Crippen molar-refractivity contribution in [2.45, 2.75) is 52.6 Å². The molecule has 1 saturated carbocycles. The molecule has 0 aromatic rings. The minimum Gasteiger partial charge on any atom is -0.462 e. The summed E-state index contributed by atoms with van der Waals surface area (Å²) in [6.45, 7) is 6.00. The highest BCUT2D eigenvalue weighted by atomic mass is 16.5. The zero-order chi connectivity index (χ0) is 9.84. The fourth-order valence-electron chi connectivity index (χ4n) is 1.79.